The van der Waals surface area contributed by atoms with Gasteiger partial charge in [0.15, 0.2) is 0 Å². The van der Waals surface area contributed by atoms with Crippen LogP contribution in [0.25, 0.3) is 9.69 Å². The molecule has 0 spiro atoms. The van der Waals surface area contributed by atoms with E-state index in [9.17, 15) is 0 Å². The summed E-state index contributed by atoms with van der Waals surface area (Å²) < 4.78 is 0. The van der Waals surface area contributed by atoms with E-state index in [1.54, 1.807) is 0 Å². The maximum atomic E-state index is 6.40. The first-order chi connectivity index (χ1) is 4.26. The van der Waals surface area contributed by atoms with E-state index >= 15 is 0 Å². The van der Waals surface area contributed by atoms with Crippen molar-refractivity contribution in [3.63, 3.8) is 0 Å². The minimum Gasteiger partial charge on any atom is -0.374 e. The summed E-state index contributed by atoms with van der Waals surface area (Å²) in [7, 11) is 0. The largest absolute Gasteiger partial charge is 0.374 e. The third kappa shape index (κ3) is 1.62. The highest BCUT2D eigenvalue weighted by atomic mass is 15.0. The molecule has 0 radical (unpaired) electrons. The van der Waals surface area contributed by atoms with E-state index in [0.717, 1.165) is 0 Å². The Bertz CT molecular complexity index is 224. The molecule has 0 fully saturated rings. The van der Waals surface area contributed by atoms with Crippen molar-refractivity contribution >= 4 is 6.72 Å². The van der Waals surface area contributed by atoms with E-state index in [-0.39, 0.29) is 11.6 Å². The van der Waals surface area contributed by atoms with Crippen molar-refractivity contribution < 1.29 is 0 Å². The molecule has 0 bridgehead atoms. The molecular formula is C5H4N4. The van der Waals surface area contributed by atoms with Crippen molar-refractivity contribution in [2.75, 3.05) is 0 Å². The second-order valence-corrected chi connectivity index (χ2v) is 1.09. The van der Waals surface area contributed by atoms with Crippen molar-refractivity contribution in [3.05, 3.63) is 34.5 Å². The summed E-state index contributed by atoms with van der Waals surface area (Å²) in [5, 5.41) is 0. The molecule has 4 nitrogen and oxygen atoms in total. The van der Waals surface area contributed by atoms with Crippen LogP contribution >= 0.6 is 0 Å². The van der Waals surface area contributed by atoms with Crippen LogP contribution in [0.4, 0.5) is 0 Å². The smallest absolute Gasteiger partial charge is 0.288 e. The average Bonchev–Trinajstić information content (AvgIpc) is 1.90. The lowest BCUT2D eigenvalue weighted by Gasteiger charge is -1.87. The Hall–Kier alpha value is -1.81. The molecule has 4 heteroatoms. The zero-order chi connectivity index (χ0) is 7.28. The van der Waals surface area contributed by atoms with Crippen molar-refractivity contribution in [3.8, 4) is 0 Å². The predicted octanol–water partition coefficient (Wildman–Crippen LogP) is 0.611. The van der Waals surface area contributed by atoms with E-state index in [2.05, 4.69) is 21.4 Å². The SMILES string of the molecule is [C-]#[N+]/C(N)=C(/N=C)[N+]#[C-]. The molecule has 0 aromatic rings. The number of hydrogen-bond donors (Lipinski definition) is 1. The lowest BCUT2D eigenvalue weighted by molar-refractivity contribution is 1.28. The van der Waals surface area contributed by atoms with E-state index < -0.39 is 0 Å². The van der Waals surface area contributed by atoms with Crippen LogP contribution in [0.2, 0.25) is 0 Å². The van der Waals surface area contributed by atoms with E-state index in [0.29, 0.717) is 0 Å². The Balaban J connectivity index is 4.70. The number of rotatable bonds is 1. The van der Waals surface area contributed by atoms with Crippen molar-refractivity contribution in [2.24, 2.45) is 10.7 Å². The van der Waals surface area contributed by atoms with E-state index in [1.807, 2.05) is 0 Å². The van der Waals surface area contributed by atoms with Crippen LogP contribution in [-0.4, -0.2) is 6.72 Å². The van der Waals surface area contributed by atoms with Gasteiger partial charge in [0.1, 0.15) is 0 Å². The highest BCUT2D eigenvalue weighted by Crippen LogP contribution is 2.01. The van der Waals surface area contributed by atoms with Gasteiger partial charge in [-0.2, -0.15) is 0 Å². The van der Waals surface area contributed by atoms with Gasteiger partial charge in [-0.15, -0.1) is 4.99 Å². The molecule has 44 valence electrons. The van der Waals surface area contributed by atoms with Gasteiger partial charge in [-0.25, -0.2) is 0 Å². The Morgan fingerprint density at radius 3 is 2.11 bits per heavy atom. The topological polar surface area (TPSA) is 47.1 Å². The Morgan fingerprint density at radius 1 is 1.44 bits per heavy atom. The zero-order valence-corrected chi connectivity index (χ0v) is 4.63. The van der Waals surface area contributed by atoms with Gasteiger partial charge in [0.05, 0.1) is 6.72 Å². The number of nitrogens with zero attached hydrogens (tertiary/aromatic N) is 3. The molecule has 0 aromatic carbocycles. The Labute approximate surface area is 52.9 Å². The molecule has 0 rings (SSSR count). The standard InChI is InChI=1S/C5H4N4/c1-7-4(6)5(8-2)9-3/h2,6H2/b5-4-. The minimum atomic E-state index is -0.208. The fourth-order valence-corrected chi connectivity index (χ4v) is 0.224. The molecule has 0 amide bonds. The number of hydrogen-bond acceptors (Lipinski definition) is 2. The predicted molar refractivity (Wildman–Crippen MR) is 34.0 cm³/mol. The fraction of sp³-hybridized carbons (Fsp3) is 0. The molecule has 0 aromatic heterocycles. The lowest BCUT2D eigenvalue weighted by atomic mass is 10.7. The van der Waals surface area contributed by atoms with Gasteiger partial charge in [-0.05, 0) is 0 Å². The van der Waals surface area contributed by atoms with Crippen molar-refractivity contribution in [1.82, 2.24) is 0 Å². The summed E-state index contributed by atoms with van der Waals surface area (Å²) >= 11 is 0. The third-order valence-corrected chi connectivity index (χ3v) is 0.605. The molecule has 9 heavy (non-hydrogen) atoms. The Morgan fingerprint density at radius 2 is 2.00 bits per heavy atom. The first-order valence-corrected chi connectivity index (χ1v) is 1.97. The first kappa shape index (κ1) is 7.19. The van der Waals surface area contributed by atoms with E-state index in [4.69, 9.17) is 18.9 Å². The van der Waals surface area contributed by atoms with Gasteiger partial charge in [0.2, 0.25) is 5.82 Å². The summed E-state index contributed by atoms with van der Waals surface area (Å²) in [5.41, 5.74) is 5.02. The van der Waals surface area contributed by atoms with Gasteiger partial charge >= 0.3 is 0 Å². The Kier molecular flexibility index (Phi) is 2.58. The van der Waals surface area contributed by atoms with Crippen LogP contribution in [0.15, 0.2) is 16.6 Å². The number of aliphatic imine (C=N–C) groups is 1. The highest BCUT2D eigenvalue weighted by Gasteiger charge is 1.94. The molecule has 0 aliphatic carbocycles. The van der Waals surface area contributed by atoms with Gasteiger partial charge in [0.25, 0.3) is 5.82 Å². The van der Waals surface area contributed by atoms with Gasteiger partial charge in [-0.3, -0.25) is 0 Å². The minimum absolute atomic E-state index is 0.134. The normalized spacial score (nSPS) is 10.4. The van der Waals surface area contributed by atoms with Crippen molar-refractivity contribution in [1.29, 1.82) is 0 Å². The highest BCUT2D eigenvalue weighted by molar-refractivity contribution is 5.33. The maximum Gasteiger partial charge on any atom is 0.288 e. The van der Waals surface area contributed by atoms with Crippen LogP contribution in [0, 0.1) is 13.1 Å². The summed E-state index contributed by atoms with van der Waals surface area (Å²) in [5.74, 6) is -0.343. The molecule has 0 saturated carbocycles. The summed E-state index contributed by atoms with van der Waals surface area (Å²) in [6.45, 7) is 15.8. The van der Waals surface area contributed by atoms with Crippen molar-refractivity contribution in [2.45, 2.75) is 0 Å². The van der Waals surface area contributed by atoms with Crippen LogP contribution in [-0.2, 0) is 0 Å². The van der Waals surface area contributed by atoms with Crippen LogP contribution in [0.5, 0.6) is 0 Å². The number of nitrogens with two attached hydrogens (primary N) is 1. The van der Waals surface area contributed by atoms with Gasteiger partial charge in [-0.1, -0.05) is 13.1 Å². The quantitative estimate of drug-likeness (QED) is 0.400. The average molecular weight is 120 g/mol. The van der Waals surface area contributed by atoms with Crippen LogP contribution in [0.1, 0.15) is 0 Å². The van der Waals surface area contributed by atoms with Crippen LogP contribution < -0.4 is 5.73 Å². The fourth-order valence-electron chi connectivity index (χ4n) is 0.224. The molecule has 0 aliphatic rings. The second-order valence-electron chi connectivity index (χ2n) is 1.09. The van der Waals surface area contributed by atoms with Gasteiger partial charge in [0, 0.05) is 0 Å². The third-order valence-electron chi connectivity index (χ3n) is 0.605. The monoisotopic (exact) mass is 120 g/mol. The molecule has 2 N–H and O–H groups in total. The molecular weight excluding hydrogens is 116 g/mol. The molecule has 0 heterocycles. The maximum absolute atomic E-state index is 6.40. The molecule has 0 aliphatic heterocycles. The molecule has 0 atom stereocenters. The van der Waals surface area contributed by atoms with Gasteiger partial charge < -0.3 is 15.4 Å². The lowest BCUT2D eigenvalue weighted by Crippen LogP contribution is -1.92. The second kappa shape index (κ2) is 3.23. The molecule has 0 unspecified atom stereocenters. The zero-order valence-electron chi connectivity index (χ0n) is 4.63. The first-order valence-electron chi connectivity index (χ1n) is 1.97. The van der Waals surface area contributed by atoms with E-state index in [1.165, 1.54) is 0 Å². The molecule has 0 saturated heterocycles. The summed E-state index contributed by atoms with van der Waals surface area (Å²) in [4.78, 5) is 8.84. The summed E-state index contributed by atoms with van der Waals surface area (Å²) in [6.07, 6.45) is 0. The van der Waals surface area contributed by atoms with Crippen LogP contribution in [0.3, 0.4) is 0 Å². The summed E-state index contributed by atoms with van der Waals surface area (Å²) in [6, 6.07) is 0.